The van der Waals surface area contributed by atoms with Crippen molar-refractivity contribution in [2.24, 2.45) is 5.92 Å². The molecule has 0 aliphatic carbocycles. The minimum atomic E-state index is -0.239. The van der Waals surface area contributed by atoms with Crippen LogP contribution >= 0.6 is 0 Å². The number of nitrogens with zero attached hydrogens (tertiary/aromatic N) is 3. The number of fused-ring (bicyclic) bond motifs is 1. The second-order valence-electron chi connectivity index (χ2n) is 6.79. The molecule has 0 bridgehead atoms. The number of benzene rings is 1. The van der Waals surface area contributed by atoms with Gasteiger partial charge in [-0.05, 0) is 36.5 Å². The van der Waals surface area contributed by atoms with Gasteiger partial charge in [0, 0.05) is 13.2 Å². The standard InChI is InChI=1S/C20H24N4O/c1-13(2)11-15-5-7-16(8-6-15)14(3)20(25)24-10-9-17-18(21-4)22-12-23-19(17)24/h5-10,12-14H,11H2,1-4H3,(H,21,22,23). The summed E-state index contributed by atoms with van der Waals surface area (Å²) in [6, 6.07) is 10.2. The molecule has 130 valence electrons. The molecule has 0 spiro atoms. The molecular weight excluding hydrogens is 312 g/mol. The van der Waals surface area contributed by atoms with Gasteiger partial charge in [-0.15, -0.1) is 0 Å². The molecule has 0 radical (unpaired) electrons. The van der Waals surface area contributed by atoms with Gasteiger partial charge >= 0.3 is 0 Å². The molecule has 5 heteroatoms. The number of hydrogen-bond acceptors (Lipinski definition) is 4. The van der Waals surface area contributed by atoms with Gasteiger partial charge in [0.25, 0.3) is 0 Å². The van der Waals surface area contributed by atoms with Crippen LogP contribution in [0.1, 0.15) is 42.6 Å². The third-order valence-corrected chi connectivity index (χ3v) is 4.45. The molecule has 0 saturated heterocycles. The van der Waals surface area contributed by atoms with E-state index in [0.29, 0.717) is 11.6 Å². The van der Waals surface area contributed by atoms with Crippen molar-refractivity contribution in [1.29, 1.82) is 0 Å². The summed E-state index contributed by atoms with van der Waals surface area (Å²) >= 11 is 0. The zero-order chi connectivity index (χ0) is 18.0. The van der Waals surface area contributed by atoms with Crippen molar-refractivity contribution in [3.63, 3.8) is 0 Å². The van der Waals surface area contributed by atoms with Crippen molar-refractivity contribution in [2.75, 3.05) is 12.4 Å². The SMILES string of the molecule is CNc1ncnc2c1ccn2C(=O)C(C)c1ccc(CC(C)C)cc1. The summed E-state index contributed by atoms with van der Waals surface area (Å²) in [5, 5.41) is 3.87. The number of nitrogens with one attached hydrogen (secondary N) is 1. The Balaban J connectivity index is 1.88. The summed E-state index contributed by atoms with van der Waals surface area (Å²) in [6.45, 7) is 6.35. The zero-order valence-corrected chi connectivity index (χ0v) is 15.2. The quantitative estimate of drug-likeness (QED) is 0.761. The second-order valence-corrected chi connectivity index (χ2v) is 6.79. The summed E-state index contributed by atoms with van der Waals surface area (Å²) in [6.07, 6.45) is 4.30. The van der Waals surface area contributed by atoms with E-state index in [1.54, 1.807) is 10.8 Å². The maximum atomic E-state index is 13.0. The highest BCUT2D eigenvalue weighted by Gasteiger charge is 2.20. The topological polar surface area (TPSA) is 59.8 Å². The first-order chi connectivity index (χ1) is 12.0. The highest BCUT2D eigenvalue weighted by atomic mass is 16.2. The van der Waals surface area contributed by atoms with Crippen molar-refractivity contribution in [3.8, 4) is 0 Å². The minimum Gasteiger partial charge on any atom is -0.372 e. The maximum absolute atomic E-state index is 13.0. The smallest absolute Gasteiger partial charge is 0.239 e. The molecule has 0 aliphatic rings. The fourth-order valence-electron chi connectivity index (χ4n) is 3.09. The van der Waals surface area contributed by atoms with Crippen LogP contribution in [0.15, 0.2) is 42.9 Å². The molecule has 0 saturated carbocycles. The van der Waals surface area contributed by atoms with Gasteiger partial charge in [-0.1, -0.05) is 38.1 Å². The van der Waals surface area contributed by atoms with Gasteiger partial charge in [0.15, 0.2) is 5.65 Å². The summed E-state index contributed by atoms with van der Waals surface area (Å²) in [5.41, 5.74) is 2.95. The molecule has 1 N–H and O–H groups in total. The third-order valence-electron chi connectivity index (χ3n) is 4.45. The lowest BCUT2D eigenvalue weighted by Crippen LogP contribution is -2.17. The Morgan fingerprint density at radius 3 is 2.48 bits per heavy atom. The van der Waals surface area contributed by atoms with E-state index < -0.39 is 0 Å². The van der Waals surface area contributed by atoms with E-state index >= 15 is 0 Å². The Bertz CT molecular complexity index is 880. The Labute approximate surface area is 148 Å². The van der Waals surface area contributed by atoms with E-state index in [-0.39, 0.29) is 11.8 Å². The summed E-state index contributed by atoms with van der Waals surface area (Å²) in [5.74, 6) is 1.11. The largest absolute Gasteiger partial charge is 0.372 e. The first kappa shape index (κ1) is 17.1. The molecule has 5 nitrogen and oxygen atoms in total. The first-order valence-electron chi connectivity index (χ1n) is 8.64. The van der Waals surface area contributed by atoms with E-state index in [1.807, 2.05) is 20.0 Å². The average molecular weight is 336 g/mol. The van der Waals surface area contributed by atoms with Crippen LogP contribution < -0.4 is 5.32 Å². The molecule has 25 heavy (non-hydrogen) atoms. The van der Waals surface area contributed by atoms with Crippen LogP contribution in [0, 0.1) is 5.92 Å². The highest BCUT2D eigenvalue weighted by molar-refractivity contribution is 5.97. The lowest BCUT2D eigenvalue weighted by Gasteiger charge is -2.13. The minimum absolute atomic E-state index is 0.00682. The predicted octanol–water partition coefficient (Wildman–Crippen LogP) is 4.12. The van der Waals surface area contributed by atoms with E-state index in [1.165, 1.54) is 11.9 Å². The number of rotatable bonds is 5. The molecule has 0 fully saturated rings. The van der Waals surface area contributed by atoms with E-state index in [4.69, 9.17) is 0 Å². The molecule has 2 heterocycles. The van der Waals surface area contributed by atoms with E-state index in [2.05, 4.69) is 53.4 Å². The molecule has 1 unspecified atom stereocenters. The molecule has 3 rings (SSSR count). The molecule has 1 aromatic carbocycles. The van der Waals surface area contributed by atoms with Gasteiger partial charge in [-0.2, -0.15) is 0 Å². The fourth-order valence-corrected chi connectivity index (χ4v) is 3.09. The normalized spacial score (nSPS) is 12.5. The molecule has 0 amide bonds. The maximum Gasteiger partial charge on any atom is 0.239 e. The fraction of sp³-hybridized carbons (Fsp3) is 0.350. The molecule has 2 aromatic heterocycles. The summed E-state index contributed by atoms with van der Waals surface area (Å²) in [4.78, 5) is 21.4. The van der Waals surface area contributed by atoms with Crippen LogP contribution in [-0.4, -0.2) is 27.5 Å². The van der Waals surface area contributed by atoms with Crippen LogP contribution in [0.25, 0.3) is 11.0 Å². The first-order valence-corrected chi connectivity index (χ1v) is 8.64. The Hall–Kier alpha value is -2.69. The van der Waals surface area contributed by atoms with Crippen LogP contribution in [0.3, 0.4) is 0 Å². The molecule has 0 aliphatic heterocycles. The zero-order valence-electron chi connectivity index (χ0n) is 15.2. The second kappa shape index (κ2) is 7.05. The van der Waals surface area contributed by atoms with Gasteiger partial charge < -0.3 is 5.32 Å². The lowest BCUT2D eigenvalue weighted by molar-refractivity contribution is 0.0889. The molecule has 1 atom stereocenters. The monoisotopic (exact) mass is 336 g/mol. The van der Waals surface area contributed by atoms with Crippen LogP contribution in [0.2, 0.25) is 0 Å². The summed E-state index contributed by atoms with van der Waals surface area (Å²) in [7, 11) is 1.81. The van der Waals surface area contributed by atoms with Gasteiger partial charge in [0.05, 0.1) is 11.3 Å². The van der Waals surface area contributed by atoms with Crippen molar-refractivity contribution in [2.45, 2.75) is 33.1 Å². The van der Waals surface area contributed by atoms with Crippen molar-refractivity contribution < 1.29 is 4.79 Å². The number of hydrogen-bond donors (Lipinski definition) is 1. The van der Waals surface area contributed by atoms with Gasteiger partial charge in [0.1, 0.15) is 12.1 Å². The number of carbonyl (C=O) groups excluding carboxylic acids is 1. The Morgan fingerprint density at radius 1 is 1.12 bits per heavy atom. The highest BCUT2D eigenvalue weighted by Crippen LogP contribution is 2.24. The van der Waals surface area contributed by atoms with Gasteiger partial charge in [0.2, 0.25) is 5.91 Å². The van der Waals surface area contributed by atoms with Crippen molar-refractivity contribution in [3.05, 3.63) is 54.0 Å². The molecular formula is C20H24N4O. The number of aromatic nitrogens is 3. The molecule has 3 aromatic rings. The van der Waals surface area contributed by atoms with E-state index in [0.717, 1.165) is 23.2 Å². The van der Waals surface area contributed by atoms with Gasteiger partial charge in [-0.3, -0.25) is 9.36 Å². The number of anilines is 1. The Kier molecular flexibility index (Phi) is 4.83. The Morgan fingerprint density at radius 2 is 1.84 bits per heavy atom. The lowest BCUT2D eigenvalue weighted by atomic mass is 9.96. The third kappa shape index (κ3) is 3.40. The predicted molar refractivity (Wildman–Crippen MR) is 101 cm³/mol. The van der Waals surface area contributed by atoms with Crippen LogP contribution in [0.5, 0.6) is 0 Å². The average Bonchev–Trinajstić information content (AvgIpc) is 3.04. The van der Waals surface area contributed by atoms with Crippen LogP contribution in [0.4, 0.5) is 5.82 Å². The van der Waals surface area contributed by atoms with Crippen LogP contribution in [-0.2, 0) is 6.42 Å². The van der Waals surface area contributed by atoms with Crippen molar-refractivity contribution in [1.82, 2.24) is 14.5 Å². The number of carbonyl (C=O) groups is 1. The summed E-state index contributed by atoms with van der Waals surface area (Å²) < 4.78 is 1.62. The van der Waals surface area contributed by atoms with E-state index in [9.17, 15) is 4.79 Å². The van der Waals surface area contributed by atoms with Gasteiger partial charge in [-0.25, -0.2) is 9.97 Å². The van der Waals surface area contributed by atoms with Crippen molar-refractivity contribution >= 4 is 22.8 Å².